The smallest absolute Gasteiger partial charge is 0.121 e. The molecule has 0 fully saturated rings. The van der Waals surface area contributed by atoms with Crippen LogP contribution in [0.1, 0.15) is 55.7 Å². The first kappa shape index (κ1) is 13.1. The van der Waals surface area contributed by atoms with Crippen molar-refractivity contribution in [2.45, 2.75) is 59.3 Å². The Kier molecular flexibility index (Phi) is 5.37. The monoisotopic (exact) mass is 220 g/mol. The van der Waals surface area contributed by atoms with Gasteiger partial charge in [0.15, 0.2) is 0 Å². The van der Waals surface area contributed by atoms with Crippen molar-refractivity contribution >= 4 is 0 Å². The molecule has 1 aromatic carbocycles. The van der Waals surface area contributed by atoms with E-state index in [1.165, 1.54) is 37.7 Å². The molecular formula is C15H24O. The predicted octanol–water partition coefficient (Wildman–Crippen LogP) is 4.52. The molecule has 16 heavy (non-hydrogen) atoms. The highest BCUT2D eigenvalue weighted by molar-refractivity contribution is 5.42. The fourth-order valence-corrected chi connectivity index (χ4v) is 2.12. The summed E-state index contributed by atoms with van der Waals surface area (Å²) >= 11 is 0. The third kappa shape index (κ3) is 3.88. The molecule has 0 radical (unpaired) electrons. The molecule has 0 spiro atoms. The maximum absolute atomic E-state index is 9.67. The normalized spacial score (nSPS) is 10.7. The number of unbranched alkanes of at least 4 members (excludes halogenated alkanes) is 4. The number of rotatable bonds is 6. The molecule has 0 aromatic heterocycles. The summed E-state index contributed by atoms with van der Waals surface area (Å²) in [5, 5.41) is 9.67. The highest BCUT2D eigenvalue weighted by atomic mass is 16.3. The molecule has 0 amide bonds. The van der Waals surface area contributed by atoms with Crippen LogP contribution >= 0.6 is 0 Å². The van der Waals surface area contributed by atoms with Gasteiger partial charge in [-0.15, -0.1) is 0 Å². The lowest BCUT2D eigenvalue weighted by Crippen LogP contribution is -1.90. The average Bonchev–Trinajstić information content (AvgIpc) is 2.25. The van der Waals surface area contributed by atoms with Crippen molar-refractivity contribution < 1.29 is 5.11 Å². The largest absolute Gasteiger partial charge is 0.507 e. The van der Waals surface area contributed by atoms with Gasteiger partial charge < -0.3 is 5.11 Å². The Morgan fingerprint density at radius 2 is 1.50 bits per heavy atom. The van der Waals surface area contributed by atoms with E-state index in [4.69, 9.17) is 0 Å². The van der Waals surface area contributed by atoms with Gasteiger partial charge in [-0.25, -0.2) is 0 Å². The van der Waals surface area contributed by atoms with Crippen LogP contribution in [0.15, 0.2) is 12.1 Å². The first-order chi connectivity index (χ1) is 7.65. The van der Waals surface area contributed by atoms with E-state index in [1.807, 2.05) is 13.8 Å². The number of hydrogen-bond acceptors (Lipinski definition) is 1. The van der Waals surface area contributed by atoms with E-state index in [0.29, 0.717) is 5.75 Å². The molecule has 0 unspecified atom stereocenters. The topological polar surface area (TPSA) is 20.2 Å². The molecule has 0 aliphatic carbocycles. The van der Waals surface area contributed by atoms with Crippen molar-refractivity contribution in [2.24, 2.45) is 0 Å². The third-order valence-electron chi connectivity index (χ3n) is 3.12. The zero-order valence-corrected chi connectivity index (χ0v) is 10.8. The van der Waals surface area contributed by atoms with Gasteiger partial charge >= 0.3 is 0 Å². The SMILES string of the molecule is CCCCCCCc1cc(C)c(O)c(C)c1. The molecule has 0 bridgehead atoms. The number of benzene rings is 1. The van der Waals surface area contributed by atoms with Crippen molar-refractivity contribution in [2.75, 3.05) is 0 Å². The van der Waals surface area contributed by atoms with Crippen LogP contribution in [-0.2, 0) is 6.42 Å². The Morgan fingerprint density at radius 3 is 2.06 bits per heavy atom. The number of aromatic hydroxyl groups is 1. The summed E-state index contributed by atoms with van der Waals surface area (Å²) in [5.74, 6) is 0.453. The quantitative estimate of drug-likeness (QED) is 0.699. The summed E-state index contributed by atoms with van der Waals surface area (Å²) in [6.07, 6.45) is 7.75. The van der Waals surface area contributed by atoms with Gasteiger partial charge in [0.05, 0.1) is 0 Å². The molecule has 0 aliphatic heterocycles. The summed E-state index contributed by atoms with van der Waals surface area (Å²) in [6, 6.07) is 4.23. The van der Waals surface area contributed by atoms with E-state index in [1.54, 1.807) is 0 Å². The van der Waals surface area contributed by atoms with Crippen LogP contribution in [0.25, 0.3) is 0 Å². The van der Waals surface area contributed by atoms with E-state index in [-0.39, 0.29) is 0 Å². The van der Waals surface area contributed by atoms with Crippen molar-refractivity contribution in [3.05, 3.63) is 28.8 Å². The van der Waals surface area contributed by atoms with Crippen molar-refractivity contribution in [1.82, 2.24) is 0 Å². The van der Waals surface area contributed by atoms with E-state index in [9.17, 15) is 5.11 Å². The van der Waals surface area contributed by atoms with Gasteiger partial charge in [0.25, 0.3) is 0 Å². The Hall–Kier alpha value is -0.980. The van der Waals surface area contributed by atoms with E-state index < -0.39 is 0 Å². The molecule has 90 valence electrons. The second kappa shape index (κ2) is 6.57. The fourth-order valence-electron chi connectivity index (χ4n) is 2.12. The Balaban J connectivity index is 2.43. The fraction of sp³-hybridized carbons (Fsp3) is 0.600. The summed E-state index contributed by atoms with van der Waals surface area (Å²) in [5.41, 5.74) is 3.37. The van der Waals surface area contributed by atoms with Gasteiger partial charge in [-0.3, -0.25) is 0 Å². The van der Waals surface area contributed by atoms with Crippen LogP contribution in [0.4, 0.5) is 0 Å². The molecule has 0 heterocycles. The maximum Gasteiger partial charge on any atom is 0.121 e. The lowest BCUT2D eigenvalue weighted by atomic mass is 10.0. The van der Waals surface area contributed by atoms with E-state index >= 15 is 0 Å². The molecule has 0 atom stereocenters. The summed E-state index contributed by atoms with van der Waals surface area (Å²) in [4.78, 5) is 0. The number of aryl methyl sites for hydroxylation is 3. The van der Waals surface area contributed by atoms with Crippen molar-refractivity contribution in [1.29, 1.82) is 0 Å². The Labute approximate surface area is 99.5 Å². The Morgan fingerprint density at radius 1 is 0.938 bits per heavy atom. The molecule has 1 aromatic rings. The Bertz CT molecular complexity index is 305. The van der Waals surface area contributed by atoms with Gasteiger partial charge in [0, 0.05) is 0 Å². The summed E-state index contributed by atoms with van der Waals surface area (Å²) in [7, 11) is 0. The molecule has 1 nitrogen and oxygen atoms in total. The van der Waals surface area contributed by atoms with Crippen LogP contribution in [0, 0.1) is 13.8 Å². The van der Waals surface area contributed by atoms with Crippen molar-refractivity contribution in [3.8, 4) is 5.75 Å². The highest BCUT2D eigenvalue weighted by Gasteiger charge is 2.02. The zero-order chi connectivity index (χ0) is 12.0. The minimum absolute atomic E-state index is 0.453. The van der Waals surface area contributed by atoms with Gasteiger partial charge in [-0.2, -0.15) is 0 Å². The molecule has 0 saturated heterocycles. The second-order valence-corrected chi connectivity index (χ2v) is 4.74. The van der Waals surface area contributed by atoms with E-state index in [0.717, 1.165) is 17.5 Å². The summed E-state index contributed by atoms with van der Waals surface area (Å²) in [6.45, 7) is 6.19. The highest BCUT2D eigenvalue weighted by Crippen LogP contribution is 2.23. The average molecular weight is 220 g/mol. The second-order valence-electron chi connectivity index (χ2n) is 4.74. The minimum atomic E-state index is 0.453. The van der Waals surface area contributed by atoms with Gasteiger partial charge in [0.1, 0.15) is 5.75 Å². The van der Waals surface area contributed by atoms with Crippen LogP contribution < -0.4 is 0 Å². The van der Waals surface area contributed by atoms with Crippen LogP contribution in [-0.4, -0.2) is 5.11 Å². The van der Waals surface area contributed by atoms with Crippen LogP contribution in [0.2, 0.25) is 0 Å². The number of phenols is 1. The lowest BCUT2D eigenvalue weighted by molar-refractivity contribution is 0.466. The first-order valence-corrected chi connectivity index (χ1v) is 6.44. The molecule has 0 saturated carbocycles. The molecule has 1 N–H and O–H groups in total. The third-order valence-corrected chi connectivity index (χ3v) is 3.12. The molecule has 1 rings (SSSR count). The molecule has 0 aliphatic rings. The standard InChI is InChI=1S/C15H24O/c1-4-5-6-7-8-9-14-10-12(2)15(16)13(3)11-14/h10-11,16H,4-9H2,1-3H3. The predicted molar refractivity (Wildman–Crippen MR) is 70.0 cm³/mol. The maximum atomic E-state index is 9.67. The minimum Gasteiger partial charge on any atom is -0.507 e. The van der Waals surface area contributed by atoms with E-state index in [2.05, 4.69) is 19.1 Å². The first-order valence-electron chi connectivity index (χ1n) is 6.44. The molecular weight excluding hydrogens is 196 g/mol. The number of phenolic OH excluding ortho intramolecular Hbond substituents is 1. The summed E-state index contributed by atoms with van der Waals surface area (Å²) < 4.78 is 0. The molecule has 1 heteroatoms. The van der Waals surface area contributed by atoms with Crippen LogP contribution in [0.5, 0.6) is 5.75 Å². The van der Waals surface area contributed by atoms with Crippen LogP contribution in [0.3, 0.4) is 0 Å². The van der Waals surface area contributed by atoms with Gasteiger partial charge in [-0.1, -0.05) is 44.7 Å². The number of hydrogen-bond donors (Lipinski definition) is 1. The van der Waals surface area contributed by atoms with Gasteiger partial charge in [0.2, 0.25) is 0 Å². The lowest BCUT2D eigenvalue weighted by Gasteiger charge is -2.07. The van der Waals surface area contributed by atoms with Crippen molar-refractivity contribution in [3.63, 3.8) is 0 Å². The van der Waals surface area contributed by atoms with Gasteiger partial charge in [-0.05, 0) is 43.4 Å². The zero-order valence-electron chi connectivity index (χ0n) is 10.8.